The van der Waals surface area contributed by atoms with Crippen LogP contribution in [0.4, 0.5) is 0 Å². The fraction of sp³-hybridized carbons (Fsp3) is 0.545. The van der Waals surface area contributed by atoms with Crippen molar-refractivity contribution in [3.8, 4) is 0 Å². The maximum atomic E-state index is 13.1. The summed E-state index contributed by atoms with van der Waals surface area (Å²) in [4.78, 5) is 14.8. The van der Waals surface area contributed by atoms with Crippen LogP contribution in [0.15, 0.2) is 42.5 Å². The van der Waals surface area contributed by atoms with Gasteiger partial charge in [-0.15, -0.1) is 0 Å². The lowest BCUT2D eigenvalue weighted by molar-refractivity contribution is -0.134. The number of carbonyl (C=O) groups is 1. The Hall–Kier alpha value is -1.21. The number of thioether (sulfide) groups is 1. The Morgan fingerprint density at radius 2 is 2.04 bits per heavy atom. The molecule has 0 spiro atoms. The lowest BCUT2D eigenvalue weighted by atomic mass is 9.97. The standard InChI is InChI=1S/C22H31NO3S2/c1-5-20(26-4)15(2)11-12-19(24)16(3)21(25)23-18(14-28-22(23)27)13-17-9-7-6-8-10-17/h6-12,15-16,18-20,24H,5,13-14H2,1-4H3/b12-11+/t15?,16?,18-,19?,20?/m0/s1. The van der Waals surface area contributed by atoms with Gasteiger partial charge in [-0.05, 0) is 18.4 Å². The van der Waals surface area contributed by atoms with Crippen molar-refractivity contribution in [2.45, 2.75) is 51.9 Å². The minimum Gasteiger partial charge on any atom is -0.388 e. The zero-order chi connectivity index (χ0) is 20.7. The Morgan fingerprint density at radius 3 is 2.64 bits per heavy atom. The molecule has 6 heteroatoms. The summed E-state index contributed by atoms with van der Waals surface area (Å²) in [5.74, 6) is 0.294. The highest BCUT2D eigenvalue weighted by molar-refractivity contribution is 8.23. The molecule has 0 saturated carbocycles. The Labute approximate surface area is 178 Å². The third kappa shape index (κ3) is 5.89. The van der Waals surface area contributed by atoms with E-state index in [0.29, 0.717) is 4.32 Å². The van der Waals surface area contributed by atoms with Crippen LogP contribution >= 0.6 is 24.0 Å². The molecule has 0 aromatic heterocycles. The van der Waals surface area contributed by atoms with Gasteiger partial charge in [0.25, 0.3) is 0 Å². The molecule has 0 aliphatic carbocycles. The highest BCUT2D eigenvalue weighted by atomic mass is 32.2. The molecule has 1 fully saturated rings. The Bertz CT molecular complexity index is 676. The molecule has 1 aliphatic heterocycles. The number of hydrogen-bond donors (Lipinski definition) is 1. The minimum absolute atomic E-state index is 0.0305. The van der Waals surface area contributed by atoms with Crippen LogP contribution in [-0.4, -0.2) is 51.3 Å². The van der Waals surface area contributed by atoms with Crippen molar-refractivity contribution in [3.05, 3.63) is 48.0 Å². The van der Waals surface area contributed by atoms with Gasteiger partial charge < -0.3 is 9.84 Å². The molecule has 1 saturated heterocycles. The van der Waals surface area contributed by atoms with E-state index in [4.69, 9.17) is 17.0 Å². The topological polar surface area (TPSA) is 49.8 Å². The highest BCUT2D eigenvalue weighted by Gasteiger charge is 2.37. The number of hydrogen-bond acceptors (Lipinski definition) is 5. The van der Waals surface area contributed by atoms with Gasteiger partial charge in [0, 0.05) is 18.8 Å². The molecule has 1 N–H and O–H groups in total. The molecule has 4 nitrogen and oxygen atoms in total. The molecular weight excluding hydrogens is 390 g/mol. The van der Waals surface area contributed by atoms with E-state index in [0.717, 1.165) is 18.6 Å². The third-order valence-corrected chi connectivity index (χ3v) is 6.86. The second-order valence-electron chi connectivity index (χ2n) is 7.33. The largest absolute Gasteiger partial charge is 0.388 e. The van der Waals surface area contributed by atoms with Crippen molar-refractivity contribution in [1.82, 2.24) is 4.90 Å². The smallest absolute Gasteiger partial charge is 0.234 e. The highest BCUT2D eigenvalue weighted by Crippen LogP contribution is 2.29. The summed E-state index contributed by atoms with van der Waals surface area (Å²) < 4.78 is 6.04. The first kappa shape index (κ1) is 23.1. The molecule has 154 valence electrons. The average molecular weight is 422 g/mol. The van der Waals surface area contributed by atoms with Crippen molar-refractivity contribution < 1.29 is 14.6 Å². The molecular formula is C22H31NO3S2. The predicted octanol–water partition coefficient (Wildman–Crippen LogP) is 4.07. The fourth-order valence-corrected chi connectivity index (χ4v) is 4.89. The second kappa shape index (κ2) is 11.1. The van der Waals surface area contributed by atoms with E-state index >= 15 is 0 Å². The number of aliphatic hydroxyl groups is 1. The van der Waals surface area contributed by atoms with Crippen molar-refractivity contribution in [2.24, 2.45) is 11.8 Å². The lowest BCUT2D eigenvalue weighted by Gasteiger charge is -2.28. The number of aliphatic hydroxyl groups excluding tert-OH is 1. The van der Waals surface area contributed by atoms with Crippen LogP contribution in [0.25, 0.3) is 0 Å². The molecule has 1 aromatic carbocycles. The molecule has 4 unspecified atom stereocenters. The molecule has 28 heavy (non-hydrogen) atoms. The van der Waals surface area contributed by atoms with Gasteiger partial charge in [-0.1, -0.05) is 87.2 Å². The number of rotatable bonds is 9. The summed E-state index contributed by atoms with van der Waals surface area (Å²) in [6.45, 7) is 5.89. The van der Waals surface area contributed by atoms with Crippen LogP contribution in [-0.2, 0) is 16.0 Å². The van der Waals surface area contributed by atoms with Crippen LogP contribution in [0.3, 0.4) is 0 Å². The van der Waals surface area contributed by atoms with Crippen molar-refractivity contribution >= 4 is 34.2 Å². The van der Waals surface area contributed by atoms with Crippen molar-refractivity contribution in [2.75, 3.05) is 12.9 Å². The van der Waals surface area contributed by atoms with Gasteiger partial charge in [-0.25, -0.2) is 0 Å². The second-order valence-corrected chi connectivity index (χ2v) is 8.99. The van der Waals surface area contributed by atoms with E-state index in [9.17, 15) is 9.90 Å². The molecule has 1 aliphatic rings. The molecule has 5 atom stereocenters. The summed E-state index contributed by atoms with van der Waals surface area (Å²) in [6.07, 6.45) is 4.56. The average Bonchev–Trinajstić information content (AvgIpc) is 3.06. The van der Waals surface area contributed by atoms with E-state index in [-0.39, 0.29) is 24.0 Å². The third-order valence-electron chi connectivity index (χ3n) is 5.32. The normalized spacial score (nSPS) is 21.7. The van der Waals surface area contributed by atoms with Gasteiger partial charge in [0.15, 0.2) is 0 Å². The molecule has 1 heterocycles. The van der Waals surface area contributed by atoms with E-state index in [2.05, 4.69) is 26.0 Å². The van der Waals surface area contributed by atoms with Gasteiger partial charge in [-0.3, -0.25) is 9.69 Å². The predicted molar refractivity (Wildman–Crippen MR) is 120 cm³/mol. The van der Waals surface area contributed by atoms with Gasteiger partial charge in [0.05, 0.1) is 24.2 Å². The van der Waals surface area contributed by atoms with Crippen LogP contribution in [0.5, 0.6) is 0 Å². The number of ether oxygens (including phenoxy) is 1. The lowest BCUT2D eigenvalue weighted by Crippen LogP contribution is -2.45. The first-order valence-corrected chi connectivity index (χ1v) is 11.2. The summed E-state index contributed by atoms with van der Waals surface area (Å²) in [5.41, 5.74) is 1.18. The summed E-state index contributed by atoms with van der Waals surface area (Å²) in [6, 6.07) is 10.2. The van der Waals surface area contributed by atoms with Crippen molar-refractivity contribution in [3.63, 3.8) is 0 Å². The maximum Gasteiger partial charge on any atom is 0.234 e. The maximum absolute atomic E-state index is 13.1. The number of thiocarbonyl (C=S) groups is 1. The van der Waals surface area contributed by atoms with E-state index in [1.165, 1.54) is 17.3 Å². The van der Waals surface area contributed by atoms with Crippen molar-refractivity contribution in [1.29, 1.82) is 0 Å². The van der Waals surface area contributed by atoms with Crippen LogP contribution < -0.4 is 0 Å². The van der Waals surface area contributed by atoms with E-state index in [1.807, 2.05) is 24.3 Å². The number of benzene rings is 1. The van der Waals surface area contributed by atoms with Gasteiger partial charge in [0.2, 0.25) is 5.91 Å². The monoisotopic (exact) mass is 421 g/mol. The van der Waals surface area contributed by atoms with E-state index < -0.39 is 12.0 Å². The fourth-order valence-electron chi connectivity index (χ4n) is 3.47. The summed E-state index contributed by atoms with van der Waals surface area (Å²) in [5, 5.41) is 10.6. The molecule has 1 amide bonds. The Kier molecular flexibility index (Phi) is 9.15. The molecule has 0 radical (unpaired) electrons. The minimum atomic E-state index is -0.852. The number of amides is 1. The zero-order valence-electron chi connectivity index (χ0n) is 17.1. The zero-order valence-corrected chi connectivity index (χ0v) is 18.7. The van der Waals surface area contributed by atoms with Gasteiger partial charge >= 0.3 is 0 Å². The van der Waals surface area contributed by atoms with Crippen LogP contribution in [0.2, 0.25) is 0 Å². The quantitative estimate of drug-likeness (QED) is 0.481. The number of carbonyl (C=O) groups excluding carboxylic acids is 1. The number of nitrogens with zero attached hydrogens (tertiary/aromatic N) is 1. The SMILES string of the molecule is CCC(OC)C(C)/C=C/C(O)C(C)C(=O)N1C(=S)SC[C@@H]1Cc1ccccc1. The Balaban J connectivity index is 2.03. The first-order valence-electron chi connectivity index (χ1n) is 9.81. The van der Waals surface area contributed by atoms with Crippen LogP contribution in [0, 0.1) is 11.8 Å². The van der Waals surface area contributed by atoms with Crippen LogP contribution in [0.1, 0.15) is 32.8 Å². The summed E-state index contributed by atoms with van der Waals surface area (Å²) in [7, 11) is 1.69. The summed E-state index contributed by atoms with van der Waals surface area (Å²) >= 11 is 6.98. The first-order chi connectivity index (χ1) is 13.4. The Morgan fingerprint density at radius 1 is 1.36 bits per heavy atom. The number of methoxy groups -OCH3 is 1. The van der Waals surface area contributed by atoms with Gasteiger partial charge in [0.1, 0.15) is 4.32 Å². The molecule has 0 bridgehead atoms. The van der Waals surface area contributed by atoms with Gasteiger partial charge in [-0.2, -0.15) is 0 Å². The molecule has 1 aromatic rings. The van der Waals surface area contributed by atoms with E-state index in [1.54, 1.807) is 25.0 Å². The molecule has 2 rings (SSSR count).